The molecule has 0 aliphatic rings. The molecule has 8 heavy (non-hydrogen) atoms. The van der Waals surface area contributed by atoms with Gasteiger partial charge in [-0.15, -0.1) is 0 Å². The van der Waals surface area contributed by atoms with E-state index in [1.165, 1.54) is 0 Å². The molecule has 0 saturated carbocycles. The Labute approximate surface area is 65.0 Å². The van der Waals surface area contributed by atoms with Crippen molar-refractivity contribution in [2.45, 2.75) is 0 Å². The van der Waals surface area contributed by atoms with Crippen molar-refractivity contribution < 1.29 is 23.0 Å². The second kappa shape index (κ2) is 2.68. The summed E-state index contributed by atoms with van der Waals surface area (Å²) in [4.78, 5) is 0. The minimum atomic E-state index is -5.48. The predicted molar refractivity (Wildman–Crippen MR) is 26.3 cm³/mol. The van der Waals surface area contributed by atoms with E-state index in [-0.39, 0.29) is 0 Å². The van der Waals surface area contributed by atoms with Gasteiger partial charge >= 0.3 is 65.3 Å². The Kier molecular flexibility index (Phi) is 3.22. The van der Waals surface area contributed by atoms with Crippen LogP contribution in [0.1, 0.15) is 0 Å². The van der Waals surface area contributed by atoms with Crippen molar-refractivity contribution in [3.05, 3.63) is 0 Å². The van der Waals surface area contributed by atoms with E-state index in [0.29, 0.717) is 0 Å². The SMILES string of the molecule is [O]=[Ti]([Cl])([Cl])([O]Cl)[O]Cl. The van der Waals surface area contributed by atoms with E-state index < -0.39 is 13.9 Å². The fraction of sp³-hybridized carbons (Fsp3) is 0. The van der Waals surface area contributed by atoms with Gasteiger partial charge in [-0.1, -0.05) is 0 Å². The van der Waals surface area contributed by atoms with Gasteiger partial charge in [0.05, 0.1) is 0 Å². The Balaban J connectivity index is 4.25. The third-order valence-electron chi connectivity index (χ3n) is 0.243. The van der Waals surface area contributed by atoms with Gasteiger partial charge in [0, 0.05) is 0 Å². The molecule has 0 heterocycles. The van der Waals surface area contributed by atoms with Gasteiger partial charge in [0.1, 0.15) is 0 Å². The van der Waals surface area contributed by atoms with Crippen molar-refractivity contribution in [2.75, 3.05) is 0 Å². The molecule has 0 aromatic carbocycles. The number of halogens is 4. The molecule has 3 nitrogen and oxygen atoms in total. The van der Waals surface area contributed by atoms with Gasteiger partial charge in [0.25, 0.3) is 0 Å². The first-order valence-corrected chi connectivity index (χ1v) is 8.13. The summed E-state index contributed by atoms with van der Waals surface area (Å²) in [6.45, 7) is 0. The van der Waals surface area contributed by atoms with Gasteiger partial charge in [0.2, 0.25) is 0 Å². The van der Waals surface area contributed by atoms with E-state index in [1.54, 1.807) is 0 Å². The number of rotatable bonds is 2. The summed E-state index contributed by atoms with van der Waals surface area (Å²) in [5, 5.41) is 0. The molecule has 0 fully saturated rings. The first-order chi connectivity index (χ1) is 3.39. The quantitative estimate of drug-likeness (QED) is 0.693. The number of hydrogen-bond donors (Lipinski definition) is 0. The van der Waals surface area contributed by atoms with Gasteiger partial charge in [-0.25, -0.2) is 0 Å². The molecule has 0 saturated heterocycles. The van der Waals surface area contributed by atoms with Crippen LogP contribution in [0, 0.1) is 0 Å². The summed E-state index contributed by atoms with van der Waals surface area (Å²) in [6, 6.07) is 0. The van der Waals surface area contributed by atoms with Crippen molar-refractivity contribution >= 4 is 42.3 Å². The number of hydrogen-bond acceptors (Lipinski definition) is 3. The second-order valence-electron chi connectivity index (χ2n) is 0.939. The zero-order valence-corrected chi connectivity index (χ0v) is 7.82. The fourth-order valence-electron chi connectivity index (χ4n) is 0.0119. The van der Waals surface area contributed by atoms with E-state index in [0.717, 1.165) is 0 Å². The first-order valence-electron chi connectivity index (χ1n) is 1.30. The molecule has 0 N–H and O–H groups in total. The van der Waals surface area contributed by atoms with Gasteiger partial charge in [-0.2, -0.15) is 0 Å². The van der Waals surface area contributed by atoms with Crippen LogP contribution in [0.5, 0.6) is 0 Å². The van der Waals surface area contributed by atoms with Crippen LogP contribution in [0.25, 0.3) is 0 Å². The summed E-state index contributed by atoms with van der Waals surface area (Å²) >= 11 is 3.59. The standard InChI is InChI=1S/2ClO.2ClH.O.Ti/c2*1-2;;;;/h;;2*1H;;/q2*-1;;;;+4/p-2. The van der Waals surface area contributed by atoms with E-state index in [9.17, 15) is 3.32 Å². The molecular formula is Cl4O3Ti. The molecule has 0 bridgehead atoms. The van der Waals surface area contributed by atoms with Crippen LogP contribution in [0.4, 0.5) is 0 Å². The Morgan fingerprint density at radius 3 is 1.38 bits per heavy atom. The van der Waals surface area contributed by atoms with E-state index in [2.05, 4.69) is 29.5 Å². The molecule has 0 unspecified atom stereocenters. The van der Waals surface area contributed by atoms with Crippen LogP contribution in [0.2, 0.25) is 0 Å². The van der Waals surface area contributed by atoms with Crippen LogP contribution in [-0.4, -0.2) is 0 Å². The molecule has 0 rings (SSSR count). The van der Waals surface area contributed by atoms with Crippen molar-refractivity contribution in [3.63, 3.8) is 0 Å². The molecule has 0 radical (unpaired) electrons. The molecule has 0 aliphatic heterocycles. The molecule has 0 spiro atoms. The summed E-state index contributed by atoms with van der Waals surface area (Å²) in [7, 11) is 9.71. The van der Waals surface area contributed by atoms with Crippen LogP contribution in [0.3, 0.4) is 0 Å². The predicted octanol–water partition coefficient (Wildman–Crippen LogP) is 2.50. The van der Waals surface area contributed by atoms with Crippen LogP contribution in [0.15, 0.2) is 0 Å². The van der Waals surface area contributed by atoms with Crippen molar-refractivity contribution in [3.8, 4) is 0 Å². The molecule has 0 aromatic heterocycles. The van der Waals surface area contributed by atoms with Crippen molar-refractivity contribution in [1.29, 1.82) is 0 Å². The van der Waals surface area contributed by atoms with E-state index in [1.807, 2.05) is 0 Å². The zero-order valence-electron chi connectivity index (χ0n) is 3.24. The van der Waals surface area contributed by atoms with Crippen LogP contribution >= 0.6 is 42.3 Å². The minimum absolute atomic E-state index is 3.56. The fourth-order valence-corrected chi connectivity index (χ4v) is 0.442. The summed E-state index contributed by atoms with van der Waals surface area (Å²) < 4.78 is 17.5. The molecular weight excluding hydrogens is 238 g/mol. The van der Waals surface area contributed by atoms with Crippen LogP contribution in [-0.2, 0) is 23.0 Å². The average Bonchev–Trinajstić information content (AvgIpc) is 1.68. The monoisotopic (exact) mass is 236 g/mol. The molecule has 0 aromatic rings. The van der Waals surface area contributed by atoms with Crippen molar-refractivity contribution in [2.24, 2.45) is 0 Å². The van der Waals surface area contributed by atoms with Gasteiger partial charge in [-0.3, -0.25) is 0 Å². The second-order valence-corrected chi connectivity index (χ2v) is 11.3. The maximum atomic E-state index is 10.4. The van der Waals surface area contributed by atoms with E-state index in [4.69, 9.17) is 18.6 Å². The average molecular weight is 238 g/mol. The van der Waals surface area contributed by atoms with Gasteiger partial charge in [-0.05, 0) is 0 Å². The third-order valence-corrected chi connectivity index (χ3v) is 5.89. The first kappa shape index (κ1) is 9.59. The van der Waals surface area contributed by atoms with E-state index >= 15 is 0 Å². The normalized spacial score (nSPS) is 14.1. The van der Waals surface area contributed by atoms with Crippen LogP contribution < -0.4 is 0 Å². The Hall–Kier alpha value is 1.59. The maximum absolute atomic E-state index is 10.4. The Morgan fingerprint density at radius 1 is 1.12 bits per heavy atom. The zero-order chi connectivity index (χ0) is 6.86. The van der Waals surface area contributed by atoms with Gasteiger partial charge < -0.3 is 0 Å². The summed E-state index contributed by atoms with van der Waals surface area (Å²) in [5.41, 5.74) is 0. The topological polar surface area (TPSA) is 35.5 Å². The molecule has 50 valence electrons. The summed E-state index contributed by atoms with van der Waals surface area (Å²) in [5.74, 6) is 0. The Morgan fingerprint density at radius 2 is 1.38 bits per heavy atom. The van der Waals surface area contributed by atoms with Crippen molar-refractivity contribution in [1.82, 2.24) is 0 Å². The molecule has 0 atom stereocenters. The summed E-state index contributed by atoms with van der Waals surface area (Å²) in [6.07, 6.45) is 0. The molecule has 8 heteroatoms. The Bertz CT molecular complexity index is 124. The third kappa shape index (κ3) is 3.59. The molecule has 0 aliphatic carbocycles. The molecule has 0 amide bonds. The van der Waals surface area contributed by atoms with Gasteiger partial charge in [0.15, 0.2) is 0 Å².